The summed E-state index contributed by atoms with van der Waals surface area (Å²) in [5.41, 5.74) is 2.79. The number of aryl methyl sites for hydroxylation is 1. The van der Waals surface area contributed by atoms with E-state index >= 15 is 0 Å². The summed E-state index contributed by atoms with van der Waals surface area (Å²) in [7, 11) is 0. The van der Waals surface area contributed by atoms with Crippen LogP contribution in [0.15, 0.2) is 71.6 Å². The van der Waals surface area contributed by atoms with Crippen LogP contribution in [0.25, 0.3) is 10.8 Å². The van der Waals surface area contributed by atoms with E-state index in [-0.39, 0.29) is 0 Å². The van der Waals surface area contributed by atoms with Crippen molar-refractivity contribution in [2.75, 3.05) is 0 Å². The zero-order chi connectivity index (χ0) is 15.4. The molecule has 3 rings (SSSR count). The van der Waals surface area contributed by atoms with Gasteiger partial charge in [-0.1, -0.05) is 67.6 Å². The van der Waals surface area contributed by atoms with Crippen molar-refractivity contribution in [2.45, 2.75) is 31.1 Å². The van der Waals surface area contributed by atoms with E-state index in [0.717, 1.165) is 17.7 Å². The highest BCUT2D eigenvalue weighted by molar-refractivity contribution is 7.80. The zero-order valence-electron chi connectivity index (χ0n) is 13.0. The van der Waals surface area contributed by atoms with Gasteiger partial charge in [-0.2, -0.15) is 0 Å². The van der Waals surface area contributed by atoms with E-state index in [2.05, 4.69) is 80.2 Å². The third kappa shape index (κ3) is 3.72. The lowest BCUT2D eigenvalue weighted by Crippen LogP contribution is -2.02. The average Bonchev–Trinajstić information content (AvgIpc) is 2.54. The fourth-order valence-corrected chi connectivity index (χ4v) is 3.27. The van der Waals surface area contributed by atoms with Gasteiger partial charge < -0.3 is 0 Å². The normalized spacial score (nSPS) is 12.5. The maximum atomic E-state index is 4.54. The number of hydrogen-bond acceptors (Lipinski definition) is 1. The number of hydrogen-bond donors (Lipinski definition) is 1. The lowest BCUT2D eigenvalue weighted by Gasteiger charge is -2.13. The second-order valence-corrected chi connectivity index (χ2v) is 6.64. The Labute approximate surface area is 138 Å². The molecule has 3 aromatic rings. The predicted molar refractivity (Wildman–Crippen MR) is 98.8 cm³/mol. The van der Waals surface area contributed by atoms with E-state index < -0.39 is 0 Å². The van der Waals surface area contributed by atoms with Gasteiger partial charge in [0.1, 0.15) is 0 Å². The molecular weight excluding hydrogens is 284 g/mol. The Morgan fingerprint density at radius 3 is 2.41 bits per heavy atom. The van der Waals surface area contributed by atoms with E-state index in [1.54, 1.807) is 0 Å². The van der Waals surface area contributed by atoms with E-state index in [1.807, 2.05) is 6.07 Å². The summed E-state index contributed by atoms with van der Waals surface area (Å²) in [4.78, 5) is 1.11. The number of rotatable bonds is 5. The SMILES string of the molecule is CC(CCc1ccccc1S)Cc1ccc2ccccc2c1. The lowest BCUT2D eigenvalue weighted by molar-refractivity contribution is 0.529. The van der Waals surface area contributed by atoms with Gasteiger partial charge in [0.05, 0.1) is 0 Å². The first kappa shape index (κ1) is 15.2. The van der Waals surface area contributed by atoms with Gasteiger partial charge in [0.15, 0.2) is 0 Å². The highest BCUT2D eigenvalue weighted by Gasteiger charge is 2.06. The minimum Gasteiger partial charge on any atom is -0.143 e. The molecule has 0 radical (unpaired) electrons. The van der Waals surface area contributed by atoms with Crippen molar-refractivity contribution in [3.63, 3.8) is 0 Å². The molecule has 0 nitrogen and oxygen atoms in total. The molecule has 0 aliphatic carbocycles. The number of thiol groups is 1. The zero-order valence-corrected chi connectivity index (χ0v) is 13.9. The topological polar surface area (TPSA) is 0 Å². The van der Waals surface area contributed by atoms with Crippen LogP contribution in [0.5, 0.6) is 0 Å². The van der Waals surface area contributed by atoms with Gasteiger partial charge in [0, 0.05) is 4.90 Å². The summed E-state index contributed by atoms with van der Waals surface area (Å²) >= 11 is 4.54. The Kier molecular flexibility index (Phi) is 4.84. The lowest BCUT2D eigenvalue weighted by atomic mass is 9.93. The van der Waals surface area contributed by atoms with E-state index in [4.69, 9.17) is 0 Å². The summed E-state index contributed by atoms with van der Waals surface area (Å²) < 4.78 is 0. The van der Waals surface area contributed by atoms with Crippen molar-refractivity contribution in [1.82, 2.24) is 0 Å². The van der Waals surface area contributed by atoms with Crippen molar-refractivity contribution < 1.29 is 0 Å². The quantitative estimate of drug-likeness (QED) is 0.554. The van der Waals surface area contributed by atoms with Crippen LogP contribution in [-0.4, -0.2) is 0 Å². The molecule has 0 N–H and O–H groups in total. The van der Waals surface area contributed by atoms with Crippen LogP contribution in [0.4, 0.5) is 0 Å². The number of benzene rings is 3. The number of fused-ring (bicyclic) bond motifs is 1. The van der Waals surface area contributed by atoms with Gasteiger partial charge in [-0.15, -0.1) is 12.6 Å². The molecule has 3 aromatic carbocycles. The Morgan fingerprint density at radius 1 is 0.864 bits per heavy atom. The summed E-state index contributed by atoms with van der Waals surface area (Å²) in [6.45, 7) is 2.34. The second-order valence-electron chi connectivity index (χ2n) is 6.16. The minimum atomic E-state index is 0.675. The molecule has 0 aliphatic rings. The van der Waals surface area contributed by atoms with E-state index in [9.17, 15) is 0 Å². The van der Waals surface area contributed by atoms with E-state index in [1.165, 1.54) is 28.3 Å². The van der Waals surface area contributed by atoms with Crippen LogP contribution in [0.2, 0.25) is 0 Å². The predicted octanol–water partition coefficient (Wildman–Crippen LogP) is 5.94. The molecule has 0 aromatic heterocycles. The van der Waals surface area contributed by atoms with Crippen molar-refractivity contribution >= 4 is 23.4 Å². The van der Waals surface area contributed by atoms with Crippen molar-refractivity contribution in [1.29, 1.82) is 0 Å². The monoisotopic (exact) mass is 306 g/mol. The first-order valence-corrected chi connectivity index (χ1v) is 8.41. The third-order valence-corrected chi connectivity index (χ3v) is 4.73. The molecule has 0 spiro atoms. The first-order valence-electron chi connectivity index (χ1n) is 7.97. The molecule has 1 atom stereocenters. The van der Waals surface area contributed by atoms with Gasteiger partial charge in [-0.25, -0.2) is 0 Å². The van der Waals surface area contributed by atoms with Crippen molar-refractivity contribution in [3.8, 4) is 0 Å². The van der Waals surface area contributed by atoms with Crippen molar-refractivity contribution in [2.24, 2.45) is 5.92 Å². The summed E-state index contributed by atoms with van der Waals surface area (Å²) in [5, 5.41) is 2.66. The van der Waals surface area contributed by atoms with Crippen LogP contribution in [0.3, 0.4) is 0 Å². The fraction of sp³-hybridized carbons (Fsp3) is 0.238. The summed E-state index contributed by atoms with van der Waals surface area (Å²) in [6, 6.07) is 23.8. The molecule has 0 heterocycles. The Bertz CT molecular complexity index is 760. The Balaban J connectivity index is 1.63. The van der Waals surface area contributed by atoms with Gasteiger partial charge in [0.2, 0.25) is 0 Å². The minimum absolute atomic E-state index is 0.675. The third-order valence-electron chi connectivity index (χ3n) is 4.30. The molecule has 0 saturated heterocycles. The maximum Gasteiger partial charge on any atom is 0.00720 e. The molecule has 0 aliphatic heterocycles. The van der Waals surface area contributed by atoms with E-state index in [0.29, 0.717) is 5.92 Å². The van der Waals surface area contributed by atoms with Crippen LogP contribution in [0, 0.1) is 5.92 Å². The molecule has 0 bridgehead atoms. The molecule has 0 fully saturated rings. The smallest absolute Gasteiger partial charge is 0.00720 e. The molecule has 1 heteroatoms. The molecule has 22 heavy (non-hydrogen) atoms. The molecule has 112 valence electrons. The van der Waals surface area contributed by atoms with Crippen LogP contribution in [0.1, 0.15) is 24.5 Å². The second kappa shape index (κ2) is 7.02. The molecular formula is C21H22S. The standard InChI is InChI=1S/C21H22S/c1-16(10-12-19-7-4-5-9-21(19)22)14-17-11-13-18-6-2-3-8-20(18)15-17/h2-9,11,13,15-16,22H,10,12,14H2,1H3. The summed E-state index contributed by atoms with van der Waals surface area (Å²) in [6.07, 6.45) is 3.44. The van der Waals surface area contributed by atoms with Gasteiger partial charge in [-0.05, 0) is 53.1 Å². The summed E-state index contributed by atoms with van der Waals surface area (Å²) in [5.74, 6) is 0.675. The average molecular weight is 306 g/mol. The van der Waals surface area contributed by atoms with Crippen LogP contribution < -0.4 is 0 Å². The van der Waals surface area contributed by atoms with Crippen LogP contribution >= 0.6 is 12.6 Å². The maximum absolute atomic E-state index is 4.54. The van der Waals surface area contributed by atoms with Gasteiger partial charge in [-0.3, -0.25) is 0 Å². The van der Waals surface area contributed by atoms with Crippen molar-refractivity contribution in [3.05, 3.63) is 77.9 Å². The van der Waals surface area contributed by atoms with Gasteiger partial charge in [0.25, 0.3) is 0 Å². The molecule has 0 saturated carbocycles. The first-order chi connectivity index (χ1) is 10.7. The highest BCUT2D eigenvalue weighted by atomic mass is 32.1. The highest BCUT2D eigenvalue weighted by Crippen LogP contribution is 2.21. The van der Waals surface area contributed by atoms with Gasteiger partial charge >= 0.3 is 0 Å². The Morgan fingerprint density at radius 2 is 1.59 bits per heavy atom. The molecule has 0 amide bonds. The fourth-order valence-electron chi connectivity index (χ4n) is 2.99. The largest absolute Gasteiger partial charge is 0.143 e. The molecule has 1 unspecified atom stereocenters. The van der Waals surface area contributed by atoms with Crippen LogP contribution in [-0.2, 0) is 12.8 Å². The Hall–Kier alpha value is -1.73.